The Morgan fingerprint density at radius 1 is 1.06 bits per heavy atom. The van der Waals surface area contributed by atoms with Crippen molar-refractivity contribution < 1.29 is 0 Å². The van der Waals surface area contributed by atoms with Crippen molar-refractivity contribution in [1.29, 1.82) is 0 Å². The Bertz CT molecular complexity index is 394. The number of hydrogen-bond donors (Lipinski definition) is 0. The van der Waals surface area contributed by atoms with Crippen LogP contribution >= 0.6 is 7.92 Å². The number of benzene rings is 1. The van der Waals surface area contributed by atoms with Crippen molar-refractivity contribution in [3.8, 4) is 0 Å². The van der Waals surface area contributed by atoms with Crippen LogP contribution in [0.4, 0.5) is 0 Å². The molecular formula is C15H21P. The maximum Gasteiger partial charge on any atom is -0.00879 e. The van der Waals surface area contributed by atoms with Gasteiger partial charge in [-0.2, -0.15) is 0 Å². The molecule has 1 aliphatic rings. The minimum atomic E-state index is -0.0278. The first-order chi connectivity index (χ1) is 7.61. The van der Waals surface area contributed by atoms with Gasteiger partial charge in [-0.15, -0.1) is 0 Å². The molecule has 0 saturated carbocycles. The highest BCUT2D eigenvalue weighted by atomic mass is 31.1. The molecule has 1 aliphatic carbocycles. The maximum absolute atomic E-state index is 2.36. The molecule has 0 radical (unpaired) electrons. The third-order valence-electron chi connectivity index (χ3n) is 3.19. The van der Waals surface area contributed by atoms with Crippen LogP contribution in [0, 0.1) is 0 Å². The Morgan fingerprint density at radius 3 is 2.38 bits per heavy atom. The molecule has 0 bridgehead atoms. The van der Waals surface area contributed by atoms with Crippen molar-refractivity contribution in [2.24, 2.45) is 0 Å². The third-order valence-corrected chi connectivity index (χ3v) is 6.36. The van der Waals surface area contributed by atoms with E-state index in [1.165, 1.54) is 11.1 Å². The summed E-state index contributed by atoms with van der Waals surface area (Å²) in [6.07, 6.45) is 5.75. The minimum Gasteiger partial charge on any atom is -0.0795 e. The fourth-order valence-electron chi connectivity index (χ4n) is 2.65. The Labute approximate surface area is 101 Å². The van der Waals surface area contributed by atoms with E-state index >= 15 is 0 Å². The lowest BCUT2D eigenvalue weighted by Gasteiger charge is -2.28. The second kappa shape index (κ2) is 4.72. The van der Waals surface area contributed by atoms with Crippen molar-refractivity contribution in [2.45, 2.75) is 45.4 Å². The van der Waals surface area contributed by atoms with E-state index in [1.54, 1.807) is 5.30 Å². The molecule has 0 saturated heterocycles. The lowest BCUT2D eigenvalue weighted by atomic mass is 10.1. The molecule has 0 unspecified atom stereocenters. The summed E-state index contributed by atoms with van der Waals surface area (Å²) in [5.41, 5.74) is 4.59. The van der Waals surface area contributed by atoms with Crippen LogP contribution in [-0.2, 0) is 6.42 Å². The van der Waals surface area contributed by atoms with Gasteiger partial charge in [0.15, 0.2) is 0 Å². The minimum absolute atomic E-state index is 0.0278. The molecule has 0 spiro atoms. The molecule has 86 valence electrons. The van der Waals surface area contributed by atoms with Gasteiger partial charge in [0.1, 0.15) is 0 Å². The average Bonchev–Trinajstić information content (AvgIpc) is 2.65. The molecule has 2 rings (SSSR count). The van der Waals surface area contributed by atoms with Crippen LogP contribution in [0.1, 0.15) is 38.8 Å². The van der Waals surface area contributed by atoms with Crippen molar-refractivity contribution in [2.75, 3.05) is 0 Å². The van der Waals surface area contributed by atoms with E-state index in [9.17, 15) is 0 Å². The van der Waals surface area contributed by atoms with Gasteiger partial charge in [-0.3, -0.25) is 0 Å². The van der Waals surface area contributed by atoms with Crippen LogP contribution in [0.2, 0.25) is 0 Å². The maximum atomic E-state index is 2.36. The first-order valence-corrected chi connectivity index (χ1v) is 7.66. The van der Waals surface area contributed by atoms with E-state index < -0.39 is 0 Å². The summed E-state index contributed by atoms with van der Waals surface area (Å²) >= 11 is 0. The first kappa shape index (κ1) is 11.9. The van der Waals surface area contributed by atoms with Gasteiger partial charge < -0.3 is 0 Å². The predicted octanol–water partition coefficient (Wildman–Crippen LogP) is 4.18. The molecule has 0 aromatic heterocycles. The molecule has 1 aromatic carbocycles. The molecule has 0 fully saturated rings. The molecule has 0 atom stereocenters. The number of rotatable bonds is 3. The molecule has 16 heavy (non-hydrogen) atoms. The van der Waals surface area contributed by atoms with E-state index in [2.05, 4.69) is 58.0 Å². The van der Waals surface area contributed by atoms with Gasteiger partial charge in [0.2, 0.25) is 0 Å². The highest BCUT2D eigenvalue weighted by Gasteiger charge is 2.22. The number of fused-ring (bicyclic) bond motifs is 1. The molecule has 1 heteroatoms. The third kappa shape index (κ3) is 2.09. The van der Waals surface area contributed by atoms with Gasteiger partial charge in [0.05, 0.1) is 0 Å². The molecule has 1 aromatic rings. The summed E-state index contributed by atoms with van der Waals surface area (Å²) in [7, 11) is -0.0278. The normalized spacial score (nSPS) is 14.2. The van der Waals surface area contributed by atoms with Crippen LogP contribution in [0.3, 0.4) is 0 Å². The van der Waals surface area contributed by atoms with Crippen LogP contribution < -0.4 is 5.30 Å². The van der Waals surface area contributed by atoms with Gasteiger partial charge >= 0.3 is 0 Å². The Kier molecular flexibility index (Phi) is 3.50. The largest absolute Gasteiger partial charge is 0.0795 e. The lowest BCUT2D eigenvalue weighted by molar-refractivity contribution is 1.02. The molecule has 0 amide bonds. The quantitative estimate of drug-likeness (QED) is 0.686. The standard InChI is InChI=1S/C15H21P/c1-11(2)16(12(3)4)15-10-6-8-13-7-5-9-14(13)15/h5-6,8-12H,7H2,1-4H3. The van der Waals surface area contributed by atoms with Gasteiger partial charge in [0, 0.05) is 0 Å². The summed E-state index contributed by atoms with van der Waals surface area (Å²) in [5, 5.41) is 1.62. The molecular weight excluding hydrogens is 211 g/mol. The molecule has 0 nitrogen and oxygen atoms in total. The van der Waals surface area contributed by atoms with E-state index in [-0.39, 0.29) is 7.92 Å². The van der Waals surface area contributed by atoms with Crippen molar-refractivity contribution >= 4 is 19.3 Å². The number of hydrogen-bond acceptors (Lipinski definition) is 0. The topological polar surface area (TPSA) is 0 Å². The fourth-order valence-corrected chi connectivity index (χ4v) is 5.71. The molecule has 0 aliphatic heterocycles. The van der Waals surface area contributed by atoms with Crippen LogP contribution in [-0.4, -0.2) is 11.3 Å². The van der Waals surface area contributed by atoms with E-state index in [0.717, 1.165) is 17.7 Å². The highest BCUT2D eigenvalue weighted by molar-refractivity contribution is 7.67. The summed E-state index contributed by atoms with van der Waals surface area (Å²) < 4.78 is 0. The summed E-state index contributed by atoms with van der Waals surface area (Å²) in [5.74, 6) is 0. The fraction of sp³-hybridized carbons (Fsp3) is 0.467. The summed E-state index contributed by atoms with van der Waals surface area (Å²) in [4.78, 5) is 0. The zero-order valence-corrected chi connectivity index (χ0v) is 11.6. The molecule has 0 N–H and O–H groups in total. The van der Waals surface area contributed by atoms with E-state index in [4.69, 9.17) is 0 Å². The Balaban J connectivity index is 2.46. The Hall–Kier alpha value is -0.610. The van der Waals surface area contributed by atoms with E-state index in [1.807, 2.05) is 0 Å². The van der Waals surface area contributed by atoms with Crippen LogP contribution in [0.5, 0.6) is 0 Å². The zero-order chi connectivity index (χ0) is 11.7. The van der Waals surface area contributed by atoms with Gasteiger partial charge in [-0.05, 0) is 34.2 Å². The smallest absolute Gasteiger partial charge is 0.00879 e. The molecule has 0 heterocycles. The van der Waals surface area contributed by atoms with Crippen LogP contribution in [0.15, 0.2) is 24.3 Å². The SMILES string of the molecule is CC(C)P(c1cccc2c1C=CC2)C(C)C. The predicted molar refractivity (Wildman–Crippen MR) is 76.0 cm³/mol. The lowest BCUT2D eigenvalue weighted by Crippen LogP contribution is -2.17. The first-order valence-electron chi connectivity index (χ1n) is 6.18. The number of allylic oxidation sites excluding steroid dienone is 1. The Morgan fingerprint density at radius 2 is 1.75 bits per heavy atom. The second-order valence-corrected chi connectivity index (χ2v) is 8.41. The van der Waals surface area contributed by atoms with Crippen molar-refractivity contribution in [3.05, 3.63) is 35.4 Å². The van der Waals surface area contributed by atoms with Crippen molar-refractivity contribution in [1.82, 2.24) is 0 Å². The summed E-state index contributed by atoms with van der Waals surface area (Å²) in [6.45, 7) is 9.46. The van der Waals surface area contributed by atoms with E-state index in [0.29, 0.717) is 0 Å². The highest BCUT2D eigenvalue weighted by Crippen LogP contribution is 2.46. The van der Waals surface area contributed by atoms with Crippen molar-refractivity contribution in [3.63, 3.8) is 0 Å². The van der Waals surface area contributed by atoms with Gasteiger partial charge in [-0.25, -0.2) is 0 Å². The monoisotopic (exact) mass is 232 g/mol. The van der Waals surface area contributed by atoms with Gasteiger partial charge in [-0.1, -0.05) is 66.0 Å². The second-order valence-electron chi connectivity index (χ2n) is 5.05. The van der Waals surface area contributed by atoms with Crippen LogP contribution in [0.25, 0.3) is 6.08 Å². The zero-order valence-electron chi connectivity index (χ0n) is 10.7. The summed E-state index contributed by atoms with van der Waals surface area (Å²) in [6, 6.07) is 6.86. The van der Waals surface area contributed by atoms with Gasteiger partial charge in [0.25, 0.3) is 0 Å². The average molecular weight is 232 g/mol.